The summed E-state index contributed by atoms with van der Waals surface area (Å²) in [5.74, 6) is 0. The third-order valence-electron chi connectivity index (χ3n) is 5.27. The molecular formula is C24H29N4OS+. The van der Waals surface area contributed by atoms with Gasteiger partial charge in [0.1, 0.15) is 13.1 Å². The summed E-state index contributed by atoms with van der Waals surface area (Å²) < 4.78 is 7.45. The SMILES string of the molecule is C(/CCc1ccccc1)=N/n1c(-c2ccccc2)csc1=NCC[NH+]1CCOCC1. The lowest BCUT2D eigenvalue weighted by Crippen LogP contribution is -3.14. The van der Waals surface area contributed by atoms with E-state index in [1.807, 2.05) is 17.0 Å². The number of rotatable bonds is 8. The van der Waals surface area contributed by atoms with Gasteiger partial charge >= 0.3 is 0 Å². The molecule has 4 rings (SSSR count). The van der Waals surface area contributed by atoms with Gasteiger partial charge in [0.2, 0.25) is 4.80 Å². The van der Waals surface area contributed by atoms with E-state index < -0.39 is 0 Å². The third kappa shape index (κ3) is 5.75. The second-order valence-corrected chi connectivity index (χ2v) is 8.23. The van der Waals surface area contributed by atoms with Crippen LogP contribution in [0.15, 0.2) is 76.1 Å². The zero-order valence-electron chi connectivity index (χ0n) is 17.2. The van der Waals surface area contributed by atoms with Gasteiger partial charge in [-0.3, -0.25) is 4.99 Å². The van der Waals surface area contributed by atoms with Crippen molar-refractivity contribution in [3.63, 3.8) is 0 Å². The molecule has 1 aliphatic rings. The molecule has 1 N–H and O–H groups in total. The van der Waals surface area contributed by atoms with Crippen LogP contribution in [0.3, 0.4) is 0 Å². The molecule has 2 aromatic carbocycles. The van der Waals surface area contributed by atoms with Gasteiger partial charge in [0.25, 0.3) is 0 Å². The minimum Gasteiger partial charge on any atom is -0.370 e. The highest BCUT2D eigenvalue weighted by molar-refractivity contribution is 7.07. The maximum absolute atomic E-state index is 5.45. The van der Waals surface area contributed by atoms with Crippen LogP contribution in [-0.4, -0.2) is 50.3 Å². The van der Waals surface area contributed by atoms with Crippen LogP contribution in [0.4, 0.5) is 0 Å². The number of ether oxygens (including phenoxy) is 1. The predicted molar refractivity (Wildman–Crippen MR) is 123 cm³/mol. The van der Waals surface area contributed by atoms with Gasteiger partial charge in [-0.15, -0.1) is 11.3 Å². The number of nitrogens with zero attached hydrogens (tertiary/aromatic N) is 3. The summed E-state index contributed by atoms with van der Waals surface area (Å²) in [4.78, 5) is 7.42. The van der Waals surface area contributed by atoms with E-state index in [1.54, 1.807) is 16.2 Å². The lowest BCUT2D eigenvalue weighted by molar-refractivity contribution is -0.906. The Bertz CT molecular complexity index is 989. The molecule has 0 saturated carbocycles. The topological polar surface area (TPSA) is 43.3 Å². The first-order chi connectivity index (χ1) is 14.9. The Morgan fingerprint density at radius 1 is 1.00 bits per heavy atom. The van der Waals surface area contributed by atoms with E-state index >= 15 is 0 Å². The molecule has 1 aromatic heterocycles. The largest absolute Gasteiger partial charge is 0.370 e. The van der Waals surface area contributed by atoms with E-state index in [-0.39, 0.29) is 0 Å². The molecular weight excluding hydrogens is 392 g/mol. The monoisotopic (exact) mass is 421 g/mol. The number of nitrogens with one attached hydrogen (secondary N) is 1. The molecule has 0 spiro atoms. The maximum Gasteiger partial charge on any atom is 0.206 e. The molecule has 0 bridgehead atoms. The van der Waals surface area contributed by atoms with E-state index in [1.165, 1.54) is 5.56 Å². The molecule has 3 aromatic rings. The maximum atomic E-state index is 5.45. The van der Waals surface area contributed by atoms with Gasteiger partial charge in [-0.2, -0.15) is 5.10 Å². The van der Waals surface area contributed by atoms with Gasteiger partial charge in [-0.25, -0.2) is 4.68 Å². The Morgan fingerprint density at radius 3 is 2.50 bits per heavy atom. The molecule has 156 valence electrons. The van der Waals surface area contributed by atoms with Gasteiger partial charge in [-0.1, -0.05) is 60.7 Å². The highest BCUT2D eigenvalue weighted by Gasteiger charge is 2.13. The van der Waals surface area contributed by atoms with Crippen LogP contribution >= 0.6 is 11.3 Å². The average Bonchev–Trinajstić information content (AvgIpc) is 3.21. The zero-order valence-corrected chi connectivity index (χ0v) is 18.1. The van der Waals surface area contributed by atoms with Gasteiger partial charge in [0, 0.05) is 17.2 Å². The Labute approximate surface area is 182 Å². The number of benzene rings is 2. The second-order valence-electron chi connectivity index (χ2n) is 7.40. The molecule has 6 heteroatoms. The average molecular weight is 422 g/mol. The Morgan fingerprint density at radius 2 is 1.73 bits per heavy atom. The lowest BCUT2D eigenvalue weighted by Gasteiger charge is -2.22. The highest BCUT2D eigenvalue weighted by Crippen LogP contribution is 2.19. The first-order valence-corrected chi connectivity index (χ1v) is 11.5. The molecule has 1 saturated heterocycles. The predicted octanol–water partition coefficient (Wildman–Crippen LogP) is 2.50. The smallest absolute Gasteiger partial charge is 0.206 e. The van der Waals surface area contributed by atoms with E-state index in [9.17, 15) is 0 Å². The molecule has 0 radical (unpaired) electrons. The molecule has 0 unspecified atom stereocenters. The van der Waals surface area contributed by atoms with E-state index in [4.69, 9.17) is 14.8 Å². The van der Waals surface area contributed by atoms with Crippen LogP contribution in [0.25, 0.3) is 11.3 Å². The molecule has 30 heavy (non-hydrogen) atoms. The molecule has 5 nitrogen and oxygen atoms in total. The molecule has 2 heterocycles. The summed E-state index contributed by atoms with van der Waals surface area (Å²) in [7, 11) is 0. The van der Waals surface area contributed by atoms with Crippen LogP contribution in [0.5, 0.6) is 0 Å². The normalized spacial score (nSPS) is 15.8. The Kier molecular flexibility index (Phi) is 7.61. The minimum atomic E-state index is 0.809. The van der Waals surface area contributed by atoms with Crippen LogP contribution in [-0.2, 0) is 11.2 Å². The Hall–Kier alpha value is -2.54. The van der Waals surface area contributed by atoms with Crippen molar-refractivity contribution in [2.45, 2.75) is 12.8 Å². The standard InChI is InChI=1S/C24H28N4OS/c1-3-8-21(9-4-1)10-7-13-26-28-23(22-11-5-2-6-12-22)20-30-24(28)25-14-15-27-16-18-29-19-17-27/h1-6,8-9,11-13,20H,7,10,14-19H2/p+1/b25-24?,26-13-. The van der Waals surface area contributed by atoms with Crippen LogP contribution in [0.2, 0.25) is 0 Å². The summed E-state index contributed by atoms with van der Waals surface area (Å²) >= 11 is 1.66. The number of aryl methyl sites for hydroxylation is 1. The summed E-state index contributed by atoms with van der Waals surface area (Å²) in [6.45, 7) is 5.72. The zero-order chi connectivity index (χ0) is 20.4. The highest BCUT2D eigenvalue weighted by atomic mass is 32.1. The van der Waals surface area contributed by atoms with Crippen molar-refractivity contribution in [3.05, 3.63) is 76.4 Å². The Balaban J connectivity index is 1.50. The first kappa shape index (κ1) is 20.7. The third-order valence-corrected chi connectivity index (χ3v) is 6.12. The van der Waals surface area contributed by atoms with E-state index in [2.05, 4.69) is 60.0 Å². The summed E-state index contributed by atoms with van der Waals surface area (Å²) in [6, 6.07) is 21.0. The summed E-state index contributed by atoms with van der Waals surface area (Å²) in [5, 5.41) is 6.96. The van der Waals surface area contributed by atoms with Crippen molar-refractivity contribution in [2.24, 2.45) is 10.1 Å². The van der Waals surface area contributed by atoms with E-state index in [0.717, 1.165) is 68.3 Å². The number of morpholine rings is 1. The number of hydrogen-bond donors (Lipinski definition) is 1. The van der Waals surface area contributed by atoms with Gasteiger partial charge in [-0.05, 0) is 18.4 Å². The quantitative estimate of drug-likeness (QED) is 0.558. The lowest BCUT2D eigenvalue weighted by atomic mass is 10.1. The summed E-state index contributed by atoms with van der Waals surface area (Å²) in [5.41, 5.74) is 3.59. The van der Waals surface area contributed by atoms with Crippen LogP contribution in [0, 0.1) is 0 Å². The van der Waals surface area contributed by atoms with Crippen molar-refractivity contribution in [2.75, 3.05) is 39.4 Å². The van der Waals surface area contributed by atoms with Gasteiger partial charge < -0.3 is 9.64 Å². The minimum absolute atomic E-state index is 0.809. The number of hydrogen-bond acceptors (Lipinski definition) is 4. The molecule has 1 aliphatic heterocycles. The fraction of sp³-hybridized carbons (Fsp3) is 0.333. The van der Waals surface area contributed by atoms with Gasteiger partial charge in [0.15, 0.2) is 0 Å². The molecule has 0 amide bonds. The van der Waals surface area contributed by atoms with Crippen molar-refractivity contribution >= 4 is 17.6 Å². The van der Waals surface area contributed by atoms with Crippen molar-refractivity contribution < 1.29 is 9.64 Å². The second kappa shape index (κ2) is 11.0. The van der Waals surface area contributed by atoms with Crippen molar-refractivity contribution in [1.29, 1.82) is 0 Å². The molecule has 0 atom stereocenters. The fourth-order valence-corrected chi connectivity index (χ4v) is 4.43. The number of quaternary nitrogens is 1. The number of thiazole rings is 1. The van der Waals surface area contributed by atoms with Crippen molar-refractivity contribution in [1.82, 2.24) is 4.68 Å². The fourth-order valence-electron chi connectivity index (χ4n) is 3.56. The first-order valence-electron chi connectivity index (χ1n) is 10.6. The van der Waals surface area contributed by atoms with E-state index in [0.29, 0.717) is 0 Å². The molecule has 1 fully saturated rings. The summed E-state index contributed by atoms with van der Waals surface area (Å²) in [6.07, 6.45) is 3.90. The van der Waals surface area contributed by atoms with Crippen LogP contribution in [0.1, 0.15) is 12.0 Å². The van der Waals surface area contributed by atoms with Crippen LogP contribution < -0.4 is 9.70 Å². The number of aromatic nitrogens is 1. The van der Waals surface area contributed by atoms with Gasteiger partial charge in [0.05, 0.1) is 32.0 Å². The van der Waals surface area contributed by atoms with Crippen molar-refractivity contribution in [3.8, 4) is 11.3 Å². The molecule has 0 aliphatic carbocycles.